The Bertz CT molecular complexity index is 3110. The van der Waals surface area contributed by atoms with Crippen LogP contribution in [0.15, 0.2) is 188 Å². The van der Waals surface area contributed by atoms with Crippen LogP contribution in [0, 0.1) is 11.8 Å². The lowest BCUT2D eigenvalue weighted by Gasteiger charge is -2.25. The molecule has 5 atom stereocenters. The van der Waals surface area contributed by atoms with Gasteiger partial charge < -0.3 is 4.74 Å². The van der Waals surface area contributed by atoms with Crippen LogP contribution in [0.5, 0.6) is 5.75 Å². The molecule has 0 spiro atoms. The first-order valence-electron chi connectivity index (χ1n) is 20.4. The van der Waals surface area contributed by atoms with E-state index >= 15 is 0 Å². The first kappa shape index (κ1) is 32.5. The summed E-state index contributed by atoms with van der Waals surface area (Å²) in [6, 6.07) is 47.3. The van der Waals surface area contributed by atoms with Crippen molar-refractivity contribution in [3.05, 3.63) is 221 Å². The normalized spacial score (nSPS) is 22.5. The summed E-state index contributed by atoms with van der Waals surface area (Å²) in [5.41, 5.74) is 10.4. The van der Waals surface area contributed by atoms with Gasteiger partial charge >= 0.3 is 0 Å². The third-order valence-corrected chi connectivity index (χ3v) is 13.1. The highest BCUT2D eigenvalue weighted by Gasteiger charge is 2.33. The maximum absolute atomic E-state index is 6.44. The van der Waals surface area contributed by atoms with Gasteiger partial charge in [-0.1, -0.05) is 188 Å². The fourth-order valence-corrected chi connectivity index (χ4v) is 10.3. The molecule has 7 aromatic carbocycles. The van der Waals surface area contributed by atoms with Crippen molar-refractivity contribution in [1.82, 2.24) is 0 Å². The van der Waals surface area contributed by atoms with Gasteiger partial charge in [-0.15, -0.1) is 0 Å². The molecule has 7 aromatic rings. The Labute approximate surface area is 333 Å². The topological polar surface area (TPSA) is 9.23 Å². The predicted octanol–water partition coefficient (Wildman–Crippen LogP) is 12.4. The molecule has 1 nitrogen and oxygen atoms in total. The lowest BCUT2D eigenvalue weighted by molar-refractivity contribution is 0.288. The van der Waals surface area contributed by atoms with Crippen molar-refractivity contribution in [2.24, 2.45) is 11.8 Å². The Morgan fingerprint density at radius 1 is 0.474 bits per heavy atom. The summed E-state index contributed by atoms with van der Waals surface area (Å²) >= 11 is 0. The number of ether oxygens (including phenoxy) is 1. The third kappa shape index (κ3) is 5.22. The molecule has 0 saturated carbocycles. The number of rotatable bonds is 4. The molecule has 0 saturated heterocycles. The largest absolute Gasteiger partial charge is 0.485 e. The highest BCUT2D eigenvalue weighted by Crippen LogP contribution is 2.47. The first-order valence-corrected chi connectivity index (χ1v) is 20.4. The Morgan fingerprint density at radius 2 is 1.09 bits per heavy atom. The van der Waals surface area contributed by atoms with Crippen LogP contribution < -0.4 is 15.2 Å². The highest BCUT2D eigenvalue weighted by atomic mass is 16.5. The standard InChI is InChI=1S/C56H40O/c1-2-12-38-31-42(26-23-35(38)11-1)55-46-17-7-9-19-48(46)56(49-20-10-8-18-47(49)55)50-29-28-43(44-15-5-6-16-45(44)50)37-24-21-36(22-25-37)41-27-30-53-51(33-41)52-32-39-13-3-4-14-40(39)34-54(52)57-53/h1-21,23-36,38,52,54H,22H2/t35-,36-,38?,52?,54?/m1/s1. The van der Waals surface area contributed by atoms with Gasteiger partial charge in [0.2, 0.25) is 0 Å². The zero-order valence-corrected chi connectivity index (χ0v) is 31.6. The second-order valence-corrected chi connectivity index (χ2v) is 16.2. The van der Waals surface area contributed by atoms with E-state index in [0.717, 1.165) is 12.2 Å². The fraction of sp³-hybridized carbons (Fsp3) is 0.107. The molecule has 0 fully saturated rings. The van der Waals surface area contributed by atoms with E-state index in [0.29, 0.717) is 17.8 Å². The molecule has 5 aliphatic rings. The number of allylic oxidation sites excluding steroid dienone is 12. The number of hydrogen-bond acceptors (Lipinski definition) is 1. The molecule has 0 aromatic heterocycles. The molecule has 1 aliphatic heterocycles. The molecule has 3 unspecified atom stereocenters. The van der Waals surface area contributed by atoms with E-state index < -0.39 is 0 Å². The minimum atomic E-state index is 0.0649. The summed E-state index contributed by atoms with van der Waals surface area (Å²) in [4.78, 5) is 0. The minimum absolute atomic E-state index is 0.0649. The van der Waals surface area contributed by atoms with Crippen molar-refractivity contribution >= 4 is 55.6 Å². The Balaban J connectivity index is 0.920. The average Bonchev–Trinajstić information content (AvgIpc) is 3.63. The summed E-state index contributed by atoms with van der Waals surface area (Å²) < 4.78 is 6.44. The van der Waals surface area contributed by atoms with Crippen molar-refractivity contribution in [3.8, 4) is 16.9 Å². The lowest BCUT2D eigenvalue weighted by Crippen LogP contribution is -2.34. The number of fused-ring (bicyclic) bond motifs is 8. The van der Waals surface area contributed by atoms with Crippen molar-refractivity contribution in [2.75, 3.05) is 0 Å². The molecule has 4 aliphatic carbocycles. The highest BCUT2D eigenvalue weighted by molar-refractivity contribution is 6.22. The van der Waals surface area contributed by atoms with E-state index in [4.69, 9.17) is 4.74 Å². The number of benzene rings is 7. The smallest absolute Gasteiger partial charge is 0.128 e. The van der Waals surface area contributed by atoms with E-state index in [-0.39, 0.29) is 12.0 Å². The average molecular weight is 729 g/mol. The zero-order valence-electron chi connectivity index (χ0n) is 31.6. The molecule has 1 heterocycles. The maximum Gasteiger partial charge on any atom is 0.128 e. The SMILES string of the molecule is C1=CC2C=C(c3c4ccccc4c(-c4ccc(C5=CC[C@H](c6ccc7c(c6)C6C=c8ccccc8=CC6O7)C=C5)c5ccccc45)c4ccccc34)C=C[C@H]2C=C1. The molecule has 1 heteroatoms. The summed E-state index contributed by atoms with van der Waals surface area (Å²) in [5.74, 6) is 2.40. The molecule has 0 amide bonds. The molecule has 0 N–H and O–H groups in total. The van der Waals surface area contributed by atoms with E-state index in [9.17, 15) is 0 Å². The van der Waals surface area contributed by atoms with Gasteiger partial charge in [0.15, 0.2) is 0 Å². The summed E-state index contributed by atoms with van der Waals surface area (Å²) in [6.45, 7) is 0. The van der Waals surface area contributed by atoms with E-state index in [1.54, 1.807) is 0 Å². The van der Waals surface area contributed by atoms with Crippen LogP contribution in [-0.2, 0) is 0 Å². The van der Waals surface area contributed by atoms with Crippen molar-refractivity contribution in [1.29, 1.82) is 0 Å². The third-order valence-electron chi connectivity index (χ3n) is 13.1. The Morgan fingerprint density at radius 3 is 1.81 bits per heavy atom. The van der Waals surface area contributed by atoms with Crippen LogP contribution in [0.3, 0.4) is 0 Å². The molecule has 57 heavy (non-hydrogen) atoms. The molecule has 0 radical (unpaired) electrons. The van der Waals surface area contributed by atoms with Crippen LogP contribution in [0.2, 0.25) is 0 Å². The van der Waals surface area contributed by atoms with Crippen LogP contribution in [0.25, 0.3) is 66.7 Å². The Hall–Kier alpha value is -6.70. The van der Waals surface area contributed by atoms with Gasteiger partial charge in [-0.2, -0.15) is 0 Å². The van der Waals surface area contributed by atoms with E-state index in [2.05, 4.69) is 200 Å². The number of hydrogen-bond donors (Lipinski definition) is 0. The molecule has 0 bridgehead atoms. The van der Waals surface area contributed by atoms with E-state index in [1.807, 2.05) is 0 Å². The van der Waals surface area contributed by atoms with Gasteiger partial charge in [0, 0.05) is 29.2 Å². The van der Waals surface area contributed by atoms with Crippen molar-refractivity contribution < 1.29 is 4.74 Å². The zero-order chi connectivity index (χ0) is 37.5. The summed E-state index contributed by atoms with van der Waals surface area (Å²) in [5, 5.41) is 10.3. The minimum Gasteiger partial charge on any atom is -0.485 e. The lowest BCUT2D eigenvalue weighted by atomic mass is 9.78. The van der Waals surface area contributed by atoms with Gasteiger partial charge in [-0.05, 0) is 100 Å². The van der Waals surface area contributed by atoms with Gasteiger partial charge in [0.25, 0.3) is 0 Å². The van der Waals surface area contributed by atoms with Gasteiger partial charge in [-0.3, -0.25) is 0 Å². The summed E-state index contributed by atoms with van der Waals surface area (Å²) in [6.07, 6.45) is 29.1. The molecular formula is C56H40O. The Kier molecular flexibility index (Phi) is 7.38. The van der Waals surface area contributed by atoms with Gasteiger partial charge in [-0.25, -0.2) is 0 Å². The van der Waals surface area contributed by atoms with Gasteiger partial charge in [0.1, 0.15) is 11.9 Å². The molecular weight excluding hydrogens is 689 g/mol. The molecule has 270 valence electrons. The van der Waals surface area contributed by atoms with Crippen LogP contribution in [0.4, 0.5) is 0 Å². The maximum atomic E-state index is 6.44. The second kappa shape index (κ2) is 12.9. The molecule has 12 rings (SSSR count). The summed E-state index contributed by atoms with van der Waals surface area (Å²) in [7, 11) is 0. The van der Waals surface area contributed by atoms with E-state index in [1.165, 1.54) is 87.3 Å². The first-order chi connectivity index (χ1) is 28.2. The van der Waals surface area contributed by atoms with Crippen LogP contribution in [0.1, 0.15) is 40.5 Å². The van der Waals surface area contributed by atoms with Crippen molar-refractivity contribution in [2.45, 2.75) is 24.4 Å². The van der Waals surface area contributed by atoms with Gasteiger partial charge in [0.05, 0.1) is 0 Å². The predicted molar refractivity (Wildman–Crippen MR) is 239 cm³/mol. The second-order valence-electron chi connectivity index (χ2n) is 16.2. The fourth-order valence-electron chi connectivity index (χ4n) is 10.3. The van der Waals surface area contributed by atoms with Crippen LogP contribution in [-0.4, -0.2) is 6.10 Å². The quantitative estimate of drug-likeness (QED) is 0.164. The van der Waals surface area contributed by atoms with Crippen molar-refractivity contribution in [3.63, 3.8) is 0 Å². The van der Waals surface area contributed by atoms with Crippen LogP contribution >= 0.6 is 0 Å². The monoisotopic (exact) mass is 728 g/mol.